The van der Waals surface area contributed by atoms with E-state index >= 15 is 0 Å². The van der Waals surface area contributed by atoms with Crippen LogP contribution >= 0.6 is 0 Å². The van der Waals surface area contributed by atoms with Crippen molar-refractivity contribution < 1.29 is 4.79 Å². The number of aryl methyl sites for hydroxylation is 2. The second-order valence-electron chi connectivity index (χ2n) is 8.36. The van der Waals surface area contributed by atoms with Crippen LogP contribution in [0.2, 0.25) is 0 Å². The Balaban J connectivity index is 1.19. The lowest BCUT2D eigenvalue weighted by Crippen LogP contribution is -2.37. The van der Waals surface area contributed by atoms with E-state index in [4.69, 9.17) is 0 Å². The van der Waals surface area contributed by atoms with Gasteiger partial charge in [-0.1, -0.05) is 0 Å². The Kier molecular flexibility index (Phi) is 5.15. The van der Waals surface area contributed by atoms with Gasteiger partial charge < -0.3 is 9.88 Å². The van der Waals surface area contributed by atoms with E-state index in [1.165, 1.54) is 17.9 Å². The fraction of sp³-hybridized carbons (Fsp3) is 0.364. The van der Waals surface area contributed by atoms with Crippen LogP contribution < -0.4 is 16.6 Å². The van der Waals surface area contributed by atoms with Crippen molar-refractivity contribution in [1.29, 1.82) is 0 Å². The van der Waals surface area contributed by atoms with Gasteiger partial charge in [-0.15, -0.1) is 0 Å². The Bertz CT molecular complexity index is 1450. The van der Waals surface area contributed by atoms with E-state index in [2.05, 4.69) is 25.5 Å². The molecular formula is C22H24N8O3. The molecule has 0 unspecified atom stereocenters. The zero-order valence-corrected chi connectivity index (χ0v) is 18.4. The standard InChI is InChI=1S/C22H24N8O3/c1-28-20-17(21(32)29(2)22(28)33)30(12-23-20)11-3-4-16(31)24-15-9-7-14(8-10-15)19-25-18(26-27-19)13-5-6-13/h7-10,12-13H,3-6,11H2,1-2H3,(H,24,31)(H,25,26,27). The average Bonchev–Trinajstić information content (AvgIpc) is 3.39. The molecule has 0 atom stereocenters. The number of fused-ring (bicyclic) bond motifs is 1. The van der Waals surface area contributed by atoms with Crippen LogP contribution in [0.25, 0.3) is 22.6 Å². The number of imidazole rings is 1. The van der Waals surface area contributed by atoms with Gasteiger partial charge in [-0.3, -0.25) is 23.8 Å². The first-order chi connectivity index (χ1) is 15.9. The number of nitrogens with zero attached hydrogens (tertiary/aromatic N) is 6. The molecule has 0 radical (unpaired) electrons. The van der Waals surface area contributed by atoms with E-state index in [9.17, 15) is 14.4 Å². The summed E-state index contributed by atoms with van der Waals surface area (Å²) in [6.45, 7) is 0.435. The summed E-state index contributed by atoms with van der Waals surface area (Å²) in [6, 6.07) is 7.42. The molecule has 3 aromatic heterocycles. The maximum Gasteiger partial charge on any atom is 0.332 e. The molecule has 170 valence electrons. The highest BCUT2D eigenvalue weighted by Gasteiger charge is 2.27. The van der Waals surface area contributed by atoms with Crippen molar-refractivity contribution in [3.63, 3.8) is 0 Å². The fourth-order valence-electron chi connectivity index (χ4n) is 3.85. The Morgan fingerprint density at radius 2 is 1.91 bits per heavy atom. The minimum Gasteiger partial charge on any atom is -0.326 e. The van der Waals surface area contributed by atoms with Gasteiger partial charge in [-0.25, -0.2) is 14.8 Å². The fourth-order valence-corrected chi connectivity index (χ4v) is 3.85. The topological polar surface area (TPSA) is 132 Å². The quantitative estimate of drug-likeness (QED) is 0.440. The van der Waals surface area contributed by atoms with Crippen LogP contribution in [0.1, 0.15) is 37.4 Å². The third-order valence-corrected chi connectivity index (χ3v) is 5.91. The SMILES string of the molecule is Cn1c(=O)c2c(ncn2CCCC(=O)Nc2ccc(-c3n[nH]c(C4CC4)n3)cc2)n(C)c1=O. The van der Waals surface area contributed by atoms with Crippen LogP contribution in [0.3, 0.4) is 0 Å². The predicted octanol–water partition coefficient (Wildman–Crippen LogP) is 1.52. The van der Waals surface area contributed by atoms with Gasteiger partial charge in [0.15, 0.2) is 17.0 Å². The zero-order chi connectivity index (χ0) is 23.1. The minimum absolute atomic E-state index is 0.124. The molecule has 0 spiro atoms. The number of rotatable bonds is 7. The normalized spacial score (nSPS) is 13.5. The zero-order valence-electron chi connectivity index (χ0n) is 18.4. The van der Waals surface area contributed by atoms with Gasteiger partial charge in [0.1, 0.15) is 5.82 Å². The van der Waals surface area contributed by atoms with Gasteiger partial charge in [0, 0.05) is 44.2 Å². The second kappa shape index (κ2) is 8.15. The molecule has 33 heavy (non-hydrogen) atoms. The first kappa shape index (κ1) is 20.9. The summed E-state index contributed by atoms with van der Waals surface area (Å²) < 4.78 is 4.09. The average molecular weight is 448 g/mol. The number of aromatic nitrogens is 7. The van der Waals surface area contributed by atoms with Gasteiger partial charge in [-0.05, 0) is 43.5 Å². The number of nitrogens with one attached hydrogen (secondary N) is 2. The summed E-state index contributed by atoms with van der Waals surface area (Å²) in [7, 11) is 3.02. The van der Waals surface area contributed by atoms with E-state index in [1.807, 2.05) is 24.3 Å². The van der Waals surface area contributed by atoms with E-state index < -0.39 is 11.2 Å². The molecular weight excluding hydrogens is 424 g/mol. The lowest BCUT2D eigenvalue weighted by Gasteiger charge is -2.08. The molecule has 1 fully saturated rings. The third kappa shape index (κ3) is 3.97. The molecule has 5 rings (SSSR count). The maximum atomic E-state index is 12.5. The van der Waals surface area contributed by atoms with Crippen LogP contribution in [0.5, 0.6) is 0 Å². The van der Waals surface area contributed by atoms with Crippen LogP contribution in [-0.4, -0.2) is 39.8 Å². The van der Waals surface area contributed by atoms with Gasteiger partial charge in [0.25, 0.3) is 5.56 Å². The molecule has 1 amide bonds. The minimum atomic E-state index is -0.422. The molecule has 0 aliphatic heterocycles. The molecule has 0 bridgehead atoms. The summed E-state index contributed by atoms with van der Waals surface area (Å²) in [6.07, 6.45) is 4.64. The van der Waals surface area contributed by atoms with E-state index in [0.717, 1.165) is 28.8 Å². The molecule has 11 nitrogen and oxygen atoms in total. The van der Waals surface area contributed by atoms with Crippen LogP contribution in [0.15, 0.2) is 40.2 Å². The number of aromatic amines is 1. The number of H-pyrrole nitrogens is 1. The smallest absolute Gasteiger partial charge is 0.326 e. The Labute approximate surface area is 188 Å². The van der Waals surface area contributed by atoms with Crippen molar-refractivity contribution in [3.8, 4) is 11.4 Å². The number of amides is 1. The number of hydrogen-bond acceptors (Lipinski definition) is 6. The van der Waals surface area contributed by atoms with E-state index in [-0.39, 0.29) is 12.3 Å². The van der Waals surface area contributed by atoms with Crippen molar-refractivity contribution in [3.05, 3.63) is 57.3 Å². The van der Waals surface area contributed by atoms with Gasteiger partial charge in [-0.2, -0.15) is 5.10 Å². The number of anilines is 1. The molecule has 0 saturated heterocycles. The number of carbonyl (C=O) groups excluding carboxylic acids is 1. The molecule has 1 aliphatic carbocycles. The highest BCUT2D eigenvalue weighted by atomic mass is 16.2. The van der Waals surface area contributed by atoms with Crippen LogP contribution in [0, 0.1) is 0 Å². The molecule has 1 aromatic carbocycles. The van der Waals surface area contributed by atoms with Gasteiger partial charge >= 0.3 is 5.69 Å². The van der Waals surface area contributed by atoms with Crippen molar-refractivity contribution in [1.82, 2.24) is 33.9 Å². The molecule has 1 aliphatic rings. The summed E-state index contributed by atoms with van der Waals surface area (Å²) in [5, 5.41) is 10.2. The highest BCUT2D eigenvalue weighted by Crippen LogP contribution is 2.38. The van der Waals surface area contributed by atoms with E-state index in [0.29, 0.717) is 41.6 Å². The molecule has 3 heterocycles. The molecule has 11 heteroatoms. The van der Waals surface area contributed by atoms with Gasteiger partial charge in [0.05, 0.1) is 6.33 Å². The number of hydrogen-bond donors (Lipinski definition) is 2. The monoisotopic (exact) mass is 448 g/mol. The highest BCUT2D eigenvalue weighted by molar-refractivity contribution is 5.90. The summed E-state index contributed by atoms with van der Waals surface area (Å²) >= 11 is 0. The maximum absolute atomic E-state index is 12.5. The van der Waals surface area contributed by atoms with Crippen LogP contribution in [0.4, 0.5) is 5.69 Å². The van der Waals surface area contributed by atoms with Crippen molar-refractivity contribution in [2.24, 2.45) is 14.1 Å². The largest absolute Gasteiger partial charge is 0.332 e. The first-order valence-corrected chi connectivity index (χ1v) is 10.9. The molecule has 2 N–H and O–H groups in total. The first-order valence-electron chi connectivity index (χ1n) is 10.9. The van der Waals surface area contributed by atoms with Crippen molar-refractivity contribution >= 4 is 22.8 Å². The Morgan fingerprint density at radius 1 is 1.15 bits per heavy atom. The van der Waals surface area contributed by atoms with Crippen molar-refractivity contribution in [2.75, 3.05) is 5.32 Å². The third-order valence-electron chi connectivity index (χ3n) is 5.91. The number of carbonyl (C=O) groups is 1. The molecule has 1 saturated carbocycles. The van der Waals surface area contributed by atoms with Crippen molar-refractivity contribution in [2.45, 2.75) is 38.1 Å². The predicted molar refractivity (Wildman–Crippen MR) is 122 cm³/mol. The Hall–Kier alpha value is -4.02. The second-order valence-corrected chi connectivity index (χ2v) is 8.36. The lowest BCUT2D eigenvalue weighted by atomic mass is 10.2. The summed E-state index contributed by atoms with van der Waals surface area (Å²) in [4.78, 5) is 45.6. The van der Waals surface area contributed by atoms with Crippen LogP contribution in [-0.2, 0) is 25.4 Å². The van der Waals surface area contributed by atoms with Gasteiger partial charge in [0.2, 0.25) is 5.91 Å². The molecule has 4 aromatic rings. The Morgan fingerprint density at radius 3 is 2.64 bits per heavy atom. The number of benzene rings is 1. The summed E-state index contributed by atoms with van der Waals surface area (Å²) in [5.41, 5.74) is 1.45. The summed E-state index contributed by atoms with van der Waals surface area (Å²) in [5.74, 6) is 1.99. The lowest BCUT2D eigenvalue weighted by molar-refractivity contribution is -0.116. The van der Waals surface area contributed by atoms with E-state index in [1.54, 1.807) is 11.6 Å².